The summed E-state index contributed by atoms with van der Waals surface area (Å²) in [4.78, 5) is 45.4. The lowest BCUT2D eigenvalue weighted by molar-refractivity contribution is -0.193. The van der Waals surface area contributed by atoms with Crippen LogP contribution in [0.4, 0.5) is 26.3 Å². The quantitative estimate of drug-likeness (QED) is 0.263. The van der Waals surface area contributed by atoms with Gasteiger partial charge in [-0.2, -0.15) is 26.3 Å². The van der Waals surface area contributed by atoms with Crippen LogP contribution in [0.3, 0.4) is 0 Å². The van der Waals surface area contributed by atoms with Gasteiger partial charge in [0.2, 0.25) is 11.8 Å². The van der Waals surface area contributed by atoms with E-state index in [2.05, 4.69) is 39.5 Å². The van der Waals surface area contributed by atoms with Crippen molar-refractivity contribution in [3.8, 4) is 0 Å². The molecule has 0 spiro atoms. The fraction of sp³-hybridized carbons (Fsp3) is 0.462. The Morgan fingerprint density at radius 1 is 1.00 bits per heavy atom. The van der Waals surface area contributed by atoms with Crippen molar-refractivity contribution in [1.29, 1.82) is 0 Å². The molecule has 43 heavy (non-hydrogen) atoms. The number of aliphatic carboxylic acids is 2. The summed E-state index contributed by atoms with van der Waals surface area (Å²) in [5.41, 5.74) is 2.60. The number of rotatable bonds is 6. The Kier molecular flexibility index (Phi) is 12.9. The maximum Gasteiger partial charge on any atom is 0.490 e. The third-order valence-corrected chi connectivity index (χ3v) is 7.39. The average Bonchev–Trinajstić information content (AvgIpc) is 3.54. The number of carbonyl (C=O) groups is 4. The van der Waals surface area contributed by atoms with Gasteiger partial charge >= 0.3 is 24.3 Å². The SMILES string of the molecule is C[C@H](NC(=O)[C@H]1C[C@@H](c2ccccc2)CCN1)C(=O)NCc1cc2c(s1)CNC2.O=C(O)C(F)(F)F.O=C(O)C(F)(F)F. The highest BCUT2D eigenvalue weighted by molar-refractivity contribution is 7.12. The van der Waals surface area contributed by atoms with E-state index in [1.807, 2.05) is 18.2 Å². The van der Waals surface area contributed by atoms with E-state index in [1.165, 1.54) is 16.0 Å². The van der Waals surface area contributed by atoms with E-state index in [0.29, 0.717) is 12.5 Å². The maximum atomic E-state index is 12.7. The van der Waals surface area contributed by atoms with Gasteiger partial charge in [0, 0.05) is 22.8 Å². The smallest absolute Gasteiger partial charge is 0.475 e. The molecule has 3 atom stereocenters. The number of carbonyl (C=O) groups excluding carboxylic acids is 2. The number of alkyl halides is 6. The molecule has 238 valence electrons. The predicted molar refractivity (Wildman–Crippen MR) is 142 cm³/mol. The molecule has 1 aromatic carbocycles. The Bertz CT molecular complexity index is 1210. The second-order valence-corrected chi connectivity index (χ2v) is 10.7. The summed E-state index contributed by atoms with van der Waals surface area (Å²) in [6.07, 6.45) is -8.40. The van der Waals surface area contributed by atoms with Crippen LogP contribution in [0.5, 0.6) is 0 Å². The van der Waals surface area contributed by atoms with Crippen molar-refractivity contribution >= 4 is 35.1 Å². The first-order valence-corrected chi connectivity index (χ1v) is 13.6. The van der Waals surface area contributed by atoms with Gasteiger partial charge in [-0.15, -0.1) is 11.3 Å². The number of benzene rings is 1. The lowest BCUT2D eigenvalue weighted by atomic mass is 9.86. The standard InChI is InChI=1S/C22H28N4O2S.2C2HF3O2/c1-14(21(27)25-12-18-9-17-11-23-13-20(17)29-18)26-22(28)19-10-16(7-8-24-19)15-5-3-2-4-6-15;2*3-2(4,5)1(6)7/h2-6,9,14,16,19,23-24H,7-8,10-13H2,1H3,(H,25,27)(H,26,28);2*(H,6,7)/t14-,16-,19+;;/m0../s1. The first-order valence-electron chi connectivity index (χ1n) is 12.8. The molecule has 2 aliphatic rings. The monoisotopic (exact) mass is 640 g/mol. The van der Waals surface area contributed by atoms with Crippen molar-refractivity contribution in [2.75, 3.05) is 6.54 Å². The molecule has 0 unspecified atom stereocenters. The molecule has 3 heterocycles. The van der Waals surface area contributed by atoms with Crippen LogP contribution in [0.25, 0.3) is 0 Å². The summed E-state index contributed by atoms with van der Waals surface area (Å²) in [6, 6.07) is 11.7. The van der Waals surface area contributed by atoms with E-state index in [-0.39, 0.29) is 17.9 Å². The third-order valence-electron chi connectivity index (χ3n) is 6.21. The highest BCUT2D eigenvalue weighted by Gasteiger charge is 2.39. The van der Waals surface area contributed by atoms with E-state index in [1.54, 1.807) is 18.3 Å². The van der Waals surface area contributed by atoms with Crippen molar-refractivity contribution < 1.29 is 55.7 Å². The summed E-state index contributed by atoms with van der Waals surface area (Å²) < 4.78 is 63.5. The Hall–Kier alpha value is -3.70. The van der Waals surface area contributed by atoms with E-state index < -0.39 is 30.3 Å². The van der Waals surface area contributed by atoms with Crippen LogP contribution in [-0.2, 0) is 38.8 Å². The minimum absolute atomic E-state index is 0.102. The number of hydrogen-bond acceptors (Lipinski definition) is 7. The predicted octanol–water partition coefficient (Wildman–Crippen LogP) is 3.27. The van der Waals surface area contributed by atoms with Crippen molar-refractivity contribution in [3.05, 3.63) is 57.3 Å². The van der Waals surface area contributed by atoms with Crippen molar-refractivity contribution in [1.82, 2.24) is 21.3 Å². The number of carboxylic acid groups (broad SMARTS) is 2. The van der Waals surface area contributed by atoms with Crippen LogP contribution >= 0.6 is 11.3 Å². The number of carboxylic acids is 2. The van der Waals surface area contributed by atoms with Crippen molar-refractivity contribution in [2.45, 2.75) is 69.8 Å². The molecular weight excluding hydrogens is 610 g/mol. The van der Waals surface area contributed by atoms with Crippen LogP contribution in [0.1, 0.15) is 46.6 Å². The molecule has 0 bridgehead atoms. The molecule has 2 aliphatic heterocycles. The van der Waals surface area contributed by atoms with Gasteiger partial charge in [0.25, 0.3) is 0 Å². The number of halogens is 6. The molecule has 1 fully saturated rings. The number of hydrogen-bond donors (Lipinski definition) is 6. The lowest BCUT2D eigenvalue weighted by Gasteiger charge is -2.30. The van der Waals surface area contributed by atoms with Gasteiger partial charge in [0.15, 0.2) is 0 Å². The van der Waals surface area contributed by atoms with E-state index in [0.717, 1.165) is 37.4 Å². The van der Waals surface area contributed by atoms with Crippen molar-refractivity contribution in [3.63, 3.8) is 0 Å². The molecule has 2 aromatic rings. The lowest BCUT2D eigenvalue weighted by Crippen LogP contribution is -2.53. The number of thiophene rings is 1. The molecule has 0 aliphatic carbocycles. The summed E-state index contributed by atoms with van der Waals surface area (Å²) in [5, 5.41) is 26.7. The van der Waals surface area contributed by atoms with Crippen LogP contribution in [-0.4, -0.2) is 64.9 Å². The Morgan fingerprint density at radius 3 is 2.12 bits per heavy atom. The topological polar surface area (TPSA) is 157 Å². The van der Waals surface area contributed by atoms with E-state index in [4.69, 9.17) is 19.8 Å². The molecule has 2 amide bonds. The fourth-order valence-electron chi connectivity index (χ4n) is 4.08. The summed E-state index contributed by atoms with van der Waals surface area (Å²) in [5.74, 6) is -5.40. The maximum absolute atomic E-state index is 12.7. The molecule has 0 radical (unpaired) electrons. The Labute approximate surface area is 245 Å². The zero-order valence-electron chi connectivity index (χ0n) is 22.6. The van der Waals surface area contributed by atoms with Gasteiger partial charge in [-0.3, -0.25) is 9.59 Å². The average molecular weight is 641 g/mol. The molecular formula is C26H30F6N4O6S. The van der Waals surface area contributed by atoms with Crippen molar-refractivity contribution in [2.24, 2.45) is 0 Å². The van der Waals surface area contributed by atoms with E-state index >= 15 is 0 Å². The summed E-state index contributed by atoms with van der Waals surface area (Å²) in [7, 11) is 0. The van der Waals surface area contributed by atoms with Gasteiger partial charge in [0.1, 0.15) is 6.04 Å². The first kappa shape index (κ1) is 35.5. The van der Waals surface area contributed by atoms with Gasteiger partial charge in [-0.1, -0.05) is 30.3 Å². The third kappa shape index (κ3) is 11.8. The molecule has 0 saturated carbocycles. The second-order valence-electron chi connectivity index (χ2n) is 9.46. The minimum Gasteiger partial charge on any atom is -0.475 e. The summed E-state index contributed by atoms with van der Waals surface area (Å²) in [6.45, 7) is 4.87. The van der Waals surface area contributed by atoms with Crippen LogP contribution in [0.15, 0.2) is 36.4 Å². The Morgan fingerprint density at radius 2 is 1.58 bits per heavy atom. The Balaban J connectivity index is 0.000000384. The van der Waals surface area contributed by atoms with Gasteiger partial charge in [0.05, 0.1) is 12.6 Å². The van der Waals surface area contributed by atoms with Gasteiger partial charge in [-0.25, -0.2) is 9.59 Å². The van der Waals surface area contributed by atoms with Gasteiger partial charge < -0.3 is 31.5 Å². The normalized spacial score (nSPS) is 18.5. The molecule has 4 rings (SSSR count). The minimum atomic E-state index is -5.08. The van der Waals surface area contributed by atoms with Gasteiger partial charge in [-0.05, 0) is 49.4 Å². The fourth-order valence-corrected chi connectivity index (χ4v) is 5.18. The zero-order chi connectivity index (χ0) is 32.4. The number of fused-ring (bicyclic) bond motifs is 1. The molecule has 1 saturated heterocycles. The molecule has 17 heteroatoms. The molecule has 6 N–H and O–H groups in total. The number of nitrogens with one attached hydrogen (secondary N) is 4. The first-order chi connectivity index (χ1) is 20.0. The van der Waals surface area contributed by atoms with Crippen LogP contribution < -0.4 is 21.3 Å². The second kappa shape index (κ2) is 15.7. The zero-order valence-corrected chi connectivity index (χ0v) is 23.5. The number of amides is 2. The molecule has 1 aromatic heterocycles. The van der Waals surface area contributed by atoms with Crippen LogP contribution in [0.2, 0.25) is 0 Å². The molecule has 10 nitrogen and oxygen atoms in total. The summed E-state index contributed by atoms with van der Waals surface area (Å²) >= 11 is 1.74. The largest absolute Gasteiger partial charge is 0.490 e. The number of piperidine rings is 1. The van der Waals surface area contributed by atoms with Crippen LogP contribution in [0, 0.1) is 0 Å². The highest BCUT2D eigenvalue weighted by Crippen LogP contribution is 2.28. The highest BCUT2D eigenvalue weighted by atomic mass is 32.1. The van der Waals surface area contributed by atoms with E-state index in [9.17, 15) is 35.9 Å².